The van der Waals surface area contributed by atoms with E-state index in [-0.39, 0.29) is 17.3 Å². The first kappa shape index (κ1) is 7.14. The van der Waals surface area contributed by atoms with E-state index in [9.17, 15) is 4.79 Å². The largest absolute Gasteiger partial charge is 0.465 e. The van der Waals surface area contributed by atoms with Gasteiger partial charge in [-0.2, -0.15) is 0 Å². The summed E-state index contributed by atoms with van der Waals surface area (Å²) in [5, 5.41) is 0. The van der Waals surface area contributed by atoms with Gasteiger partial charge in [0.05, 0.1) is 12.5 Å². The maximum absolute atomic E-state index is 11.2. The van der Waals surface area contributed by atoms with E-state index in [1.54, 1.807) is 0 Å². The normalized spacial score (nSPS) is 40.4. The number of hydrogen-bond acceptors (Lipinski definition) is 2. The van der Waals surface area contributed by atoms with Crippen LogP contribution in [0.4, 0.5) is 0 Å². The molecule has 2 heterocycles. The Labute approximate surface area is 66.9 Å². The van der Waals surface area contributed by atoms with Crippen LogP contribution in [0.5, 0.6) is 0 Å². The molecule has 62 valence electrons. The van der Waals surface area contributed by atoms with Crippen molar-refractivity contribution in [1.82, 2.24) is 0 Å². The fourth-order valence-corrected chi connectivity index (χ4v) is 2.31. The molecule has 0 N–H and O–H groups in total. The van der Waals surface area contributed by atoms with Gasteiger partial charge >= 0.3 is 5.97 Å². The number of carbonyl (C=O) groups excluding carboxylic acids is 1. The van der Waals surface area contributed by atoms with E-state index in [1.807, 2.05) is 0 Å². The summed E-state index contributed by atoms with van der Waals surface area (Å²) in [7, 11) is 0. The lowest BCUT2D eigenvalue weighted by molar-refractivity contribution is -0.156. The number of fused-ring (bicyclic) bond motifs is 3. The van der Waals surface area contributed by atoms with Crippen LogP contribution in [0.25, 0.3) is 0 Å². The first-order valence-electron chi connectivity index (χ1n) is 4.29. The van der Waals surface area contributed by atoms with E-state index < -0.39 is 0 Å². The van der Waals surface area contributed by atoms with Crippen molar-refractivity contribution in [3.63, 3.8) is 0 Å². The predicted molar refractivity (Wildman–Crippen MR) is 41.0 cm³/mol. The Morgan fingerprint density at radius 1 is 1.55 bits per heavy atom. The summed E-state index contributed by atoms with van der Waals surface area (Å²) in [4.78, 5) is 11.2. The molecule has 2 heteroatoms. The Morgan fingerprint density at radius 2 is 2.27 bits per heavy atom. The molecule has 11 heavy (non-hydrogen) atoms. The second kappa shape index (κ2) is 1.99. The molecule has 3 rings (SSSR count). The van der Waals surface area contributed by atoms with Gasteiger partial charge in [-0.15, -0.1) is 0 Å². The van der Waals surface area contributed by atoms with E-state index in [2.05, 4.69) is 13.8 Å². The maximum Gasteiger partial charge on any atom is 0.309 e. The molecule has 0 amide bonds. The predicted octanol–water partition coefficient (Wildman–Crippen LogP) is 1.60. The first-order chi connectivity index (χ1) is 5.12. The molecule has 2 aliphatic heterocycles. The topological polar surface area (TPSA) is 26.3 Å². The second-order valence-corrected chi connectivity index (χ2v) is 4.26. The Morgan fingerprint density at radius 3 is 2.91 bits per heavy atom. The molecular weight excluding hydrogens is 140 g/mol. The lowest BCUT2D eigenvalue weighted by Crippen LogP contribution is -2.46. The summed E-state index contributed by atoms with van der Waals surface area (Å²) in [5.41, 5.74) is 0.216. The van der Waals surface area contributed by atoms with Gasteiger partial charge in [0, 0.05) is 0 Å². The summed E-state index contributed by atoms with van der Waals surface area (Å²) < 4.78 is 5.05. The van der Waals surface area contributed by atoms with Crippen LogP contribution in [-0.2, 0) is 9.53 Å². The molecule has 0 aromatic carbocycles. The van der Waals surface area contributed by atoms with Crippen LogP contribution in [0.3, 0.4) is 0 Å². The average molecular weight is 154 g/mol. The number of hydrogen-bond donors (Lipinski definition) is 0. The van der Waals surface area contributed by atoms with Crippen molar-refractivity contribution < 1.29 is 9.53 Å². The van der Waals surface area contributed by atoms with Crippen molar-refractivity contribution in [2.75, 3.05) is 6.61 Å². The van der Waals surface area contributed by atoms with Crippen molar-refractivity contribution in [1.29, 1.82) is 0 Å². The lowest BCUT2D eigenvalue weighted by Gasteiger charge is -2.48. The van der Waals surface area contributed by atoms with Gasteiger partial charge in [0.15, 0.2) is 0 Å². The fourth-order valence-electron chi connectivity index (χ4n) is 2.31. The van der Waals surface area contributed by atoms with Crippen molar-refractivity contribution in [3.8, 4) is 0 Å². The smallest absolute Gasteiger partial charge is 0.309 e. The molecule has 2 atom stereocenters. The fraction of sp³-hybridized carbons (Fsp3) is 0.889. The van der Waals surface area contributed by atoms with Crippen LogP contribution >= 0.6 is 0 Å². The van der Waals surface area contributed by atoms with Crippen LogP contribution in [-0.4, -0.2) is 12.6 Å². The van der Waals surface area contributed by atoms with E-state index in [1.165, 1.54) is 0 Å². The zero-order valence-corrected chi connectivity index (χ0v) is 7.09. The van der Waals surface area contributed by atoms with Crippen LogP contribution in [0.2, 0.25) is 0 Å². The highest BCUT2D eigenvalue weighted by Crippen LogP contribution is 2.54. The van der Waals surface area contributed by atoms with Gasteiger partial charge in [-0.25, -0.2) is 0 Å². The molecule has 0 aromatic rings. The summed E-state index contributed by atoms with van der Waals surface area (Å²) in [6.45, 7) is 5.00. The minimum atomic E-state index is 0.0313. The molecule has 2 nitrogen and oxygen atoms in total. The minimum Gasteiger partial charge on any atom is -0.465 e. The SMILES string of the molecule is CC1(C)[C@@H]2CCOC(=O)[C@@H]1C2. The first-order valence-corrected chi connectivity index (χ1v) is 4.29. The lowest BCUT2D eigenvalue weighted by atomic mass is 9.54. The Bertz CT molecular complexity index is 196. The van der Waals surface area contributed by atoms with Gasteiger partial charge in [-0.1, -0.05) is 13.8 Å². The molecule has 2 saturated heterocycles. The van der Waals surface area contributed by atoms with Crippen molar-refractivity contribution in [2.45, 2.75) is 26.7 Å². The summed E-state index contributed by atoms with van der Waals surface area (Å²) in [6, 6.07) is 0. The molecule has 0 radical (unpaired) electrons. The van der Waals surface area contributed by atoms with Crippen molar-refractivity contribution in [3.05, 3.63) is 0 Å². The minimum absolute atomic E-state index is 0.0313. The molecule has 3 fully saturated rings. The monoisotopic (exact) mass is 154 g/mol. The molecule has 2 bridgehead atoms. The van der Waals surface area contributed by atoms with E-state index >= 15 is 0 Å². The number of esters is 1. The number of ether oxygens (including phenoxy) is 1. The Hall–Kier alpha value is -0.530. The van der Waals surface area contributed by atoms with E-state index in [4.69, 9.17) is 4.74 Å². The van der Waals surface area contributed by atoms with Gasteiger partial charge in [-0.05, 0) is 24.2 Å². The van der Waals surface area contributed by atoms with E-state index in [0.717, 1.165) is 18.8 Å². The number of carbonyl (C=O) groups is 1. The average Bonchev–Trinajstić information content (AvgIpc) is 2.17. The zero-order valence-electron chi connectivity index (χ0n) is 7.09. The Balaban J connectivity index is 2.22. The van der Waals surface area contributed by atoms with Gasteiger partial charge in [0.25, 0.3) is 0 Å². The standard InChI is InChI=1S/C9H14O2/c1-9(2)6-3-4-11-8(10)7(9)5-6/h6-7H,3-5H2,1-2H3/t6-,7+/m1/s1. The van der Waals surface area contributed by atoms with Crippen molar-refractivity contribution >= 4 is 5.97 Å². The second-order valence-electron chi connectivity index (χ2n) is 4.26. The van der Waals surface area contributed by atoms with Crippen LogP contribution in [0, 0.1) is 17.3 Å². The molecule has 0 spiro atoms. The van der Waals surface area contributed by atoms with Gasteiger partial charge in [-0.3, -0.25) is 4.79 Å². The molecule has 1 aliphatic carbocycles. The number of rotatable bonds is 0. The van der Waals surface area contributed by atoms with Gasteiger partial charge < -0.3 is 4.74 Å². The van der Waals surface area contributed by atoms with Gasteiger partial charge in [0.1, 0.15) is 0 Å². The highest BCUT2D eigenvalue weighted by atomic mass is 16.5. The zero-order chi connectivity index (χ0) is 8.06. The third-order valence-corrected chi connectivity index (χ3v) is 3.47. The van der Waals surface area contributed by atoms with Crippen LogP contribution in [0.1, 0.15) is 26.7 Å². The molecule has 3 aliphatic rings. The van der Waals surface area contributed by atoms with Crippen molar-refractivity contribution in [2.24, 2.45) is 17.3 Å². The summed E-state index contributed by atoms with van der Waals surface area (Å²) in [6.07, 6.45) is 2.13. The van der Waals surface area contributed by atoms with Gasteiger partial charge in [0.2, 0.25) is 0 Å². The molecule has 0 aromatic heterocycles. The summed E-state index contributed by atoms with van der Waals surface area (Å²) in [5.74, 6) is 0.942. The Kier molecular flexibility index (Phi) is 1.29. The van der Waals surface area contributed by atoms with E-state index in [0.29, 0.717) is 6.61 Å². The highest BCUT2D eigenvalue weighted by molar-refractivity contribution is 5.75. The third-order valence-electron chi connectivity index (χ3n) is 3.47. The highest BCUT2D eigenvalue weighted by Gasteiger charge is 2.53. The molecular formula is C9H14O2. The summed E-state index contributed by atoms with van der Waals surface area (Å²) >= 11 is 0. The maximum atomic E-state index is 11.2. The third kappa shape index (κ3) is 0.815. The van der Waals surface area contributed by atoms with Crippen LogP contribution in [0.15, 0.2) is 0 Å². The quantitative estimate of drug-likeness (QED) is 0.495. The van der Waals surface area contributed by atoms with Crippen LogP contribution < -0.4 is 0 Å². The molecule has 1 saturated carbocycles. The molecule has 0 unspecified atom stereocenters.